The minimum atomic E-state index is -0.752. The van der Waals surface area contributed by atoms with Crippen LogP contribution in [0.4, 0.5) is 8.78 Å². The van der Waals surface area contributed by atoms with Crippen LogP contribution >= 0.6 is 0 Å². The van der Waals surface area contributed by atoms with E-state index >= 15 is 0 Å². The van der Waals surface area contributed by atoms with E-state index in [1.54, 1.807) is 41.3 Å². The van der Waals surface area contributed by atoms with E-state index in [9.17, 15) is 8.78 Å². The number of fused-ring (bicyclic) bond motifs is 1. The highest BCUT2D eigenvalue weighted by Gasteiger charge is 2.10. The van der Waals surface area contributed by atoms with E-state index in [1.807, 2.05) is 12.1 Å². The highest BCUT2D eigenvalue weighted by molar-refractivity contribution is 5.66. The lowest BCUT2D eigenvalue weighted by atomic mass is 10.0. The molecule has 0 spiro atoms. The number of halogens is 2. The maximum absolute atomic E-state index is 13.3. The zero-order chi connectivity index (χ0) is 17.9. The van der Waals surface area contributed by atoms with Crippen LogP contribution in [0.25, 0.3) is 16.9 Å². The molecule has 5 nitrogen and oxygen atoms in total. The molecule has 3 heterocycles. The summed E-state index contributed by atoms with van der Waals surface area (Å²) in [5.74, 6) is 0.543. The van der Waals surface area contributed by atoms with Gasteiger partial charge in [-0.3, -0.25) is 4.40 Å². The predicted octanol–water partition coefficient (Wildman–Crippen LogP) is 3.98. The molecule has 0 aliphatic carbocycles. The van der Waals surface area contributed by atoms with Crippen molar-refractivity contribution >= 4 is 5.78 Å². The van der Waals surface area contributed by atoms with Gasteiger partial charge >= 0.3 is 0 Å². The van der Waals surface area contributed by atoms with E-state index in [1.165, 1.54) is 12.1 Å². The Morgan fingerprint density at radius 1 is 1.08 bits per heavy atom. The minimum Gasteiger partial charge on any atom is -0.471 e. The van der Waals surface area contributed by atoms with Crippen molar-refractivity contribution in [3.8, 4) is 17.0 Å². The van der Waals surface area contributed by atoms with Crippen LogP contribution < -0.4 is 4.74 Å². The van der Waals surface area contributed by atoms with E-state index < -0.39 is 12.5 Å². The third-order valence-corrected chi connectivity index (χ3v) is 3.89. The summed E-state index contributed by atoms with van der Waals surface area (Å²) >= 11 is 0. The normalized spacial score (nSPS) is 11.0. The SMILES string of the molecule is FCc1cc(F)ccc1-c1cnc2nc(COc3ccccn3)cn2c1. The summed E-state index contributed by atoms with van der Waals surface area (Å²) in [6.45, 7) is -0.500. The Morgan fingerprint density at radius 2 is 2.00 bits per heavy atom. The molecular formula is C19H14F2N4O. The van der Waals surface area contributed by atoms with E-state index in [0.29, 0.717) is 28.5 Å². The second-order valence-electron chi connectivity index (χ2n) is 5.67. The van der Waals surface area contributed by atoms with Gasteiger partial charge in [-0.2, -0.15) is 0 Å². The minimum absolute atomic E-state index is 0.252. The molecule has 1 aromatic carbocycles. The molecule has 4 aromatic rings. The average molecular weight is 352 g/mol. The van der Waals surface area contributed by atoms with Gasteiger partial charge in [0.2, 0.25) is 11.7 Å². The molecule has 26 heavy (non-hydrogen) atoms. The lowest BCUT2D eigenvalue weighted by Crippen LogP contribution is -1.96. The summed E-state index contributed by atoms with van der Waals surface area (Å²) in [6.07, 6.45) is 6.82. The predicted molar refractivity (Wildman–Crippen MR) is 91.8 cm³/mol. The molecule has 7 heteroatoms. The van der Waals surface area contributed by atoms with E-state index in [-0.39, 0.29) is 12.2 Å². The fourth-order valence-corrected chi connectivity index (χ4v) is 2.68. The number of nitrogens with zero attached hydrogens (tertiary/aromatic N) is 4. The van der Waals surface area contributed by atoms with Crippen LogP contribution in [0.15, 0.2) is 61.2 Å². The standard InChI is InChI=1S/C19H14F2N4O/c20-8-13-7-15(21)4-5-17(13)14-9-23-19-24-16(11-25(19)10-14)12-26-18-3-1-2-6-22-18/h1-7,9-11H,8,12H2. The Balaban J connectivity index is 1.62. The van der Waals surface area contributed by atoms with Crippen LogP contribution in [0, 0.1) is 5.82 Å². The fourth-order valence-electron chi connectivity index (χ4n) is 2.68. The van der Waals surface area contributed by atoms with Gasteiger partial charge in [-0.1, -0.05) is 12.1 Å². The number of imidazole rings is 1. The Labute approximate surface area is 147 Å². The smallest absolute Gasteiger partial charge is 0.234 e. The Bertz CT molecular complexity index is 1050. The first-order valence-electron chi connectivity index (χ1n) is 7.95. The van der Waals surface area contributed by atoms with Gasteiger partial charge in [0.15, 0.2) is 0 Å². The number of hydrogen-bond donors (Lipinski definition) is 0. The highest BCUT2D eigenvalue weighted by Crippen LogP contribution is 2.25. The largest absolute Gasteiger partial charge is 0.471 e. The van der Waals surface area contributed by atoms with Crippen LogP contribution in [-0.2, 0) is 13.3 Å². The molecule has 0 N–H and O–H groups in total. The molecule has 0 atom stereocenters. The van der Waals surface area contributed by atoms with Gasteiger partial charge in [0.05, 0.1) is 5.69 Å². The molecule has 0 saturated carbocycles. The molecule has 0 aliphatic rings. The number of aromatic nitrogens is 4. The molecular weight excluding hydrogens is 338 g/mol. The molecule has 0 bridgehead atoms. The first-order valence-corrected chi connectivity index (χ1v) is 7.95. The Hall–Kier alpha value is -3.35. The summed E-state index contributed by atoms with van der Waals surface area (Å²) in [4.78, 5) is 12.8. The van der Waals surface area contributed by atoms with Crippen molar-refractivity contribution < 1.29 is 13.5 Å². The topological polar surface area (TPSA) is 52.3 Å². The fraction of sp³-hybridized carbons (Fsp3) is 0.105. The van der Waals surface area contributed by atoms with Gasteiger partial charge < -0.3 is 4.74 Å². The molecule has 0 radical (unpaired) electrons. The van der Waals surface area contributed by atoms with E-state index in [4.69, 9.17) is 4.74 Å². The summed E-state index contributed by atoms with van der Waals surface area (Å²) in [7, 11) is 0. The third-order valence-electron chi connectivity index (χ3n) is 3.89. The van der Waals surface area contributed by atoms with Crippen molar-refractivity contribution in [2.24, 2.45) is 0 Å². The zero-order valence-electron chi connectivity index (χ0n) is 13.6. The van der Waals surface area contributed by atoms with Gasteiger partial charge in [-0.05, 0) is 29.3 Å². The quantitative estimate of drug-likeness (QED) is 0.545. The maximum atomic E-state index is 13.3. The van der Waals surface area contributed by atoms with Crippen molar-refractivity contribution in [3.05, 3.63) is 78.3 Å². The van der Waals surface area contributed by atoms with Crippen molar-refractivity contribution in [3.63, 3.8) is 0 Å². The van der Waals surface area contributed by atoms with Crippen molar-refractivity contribution in [2.45, 2.75) is 13.3 Å². The third kappa shape index (κ3) is 3.23. The number of hydrogen-bond acceptors (Lipinski definition) is 4. The molecule has 0 fully saturated rings. The lowest BCUT2D eigenvalue weighted by Gasteiger charge is -2.07. The van der Waals surface area contributed by atoms with Gasteiger partial charge in [-0.25, -0.2) is 23.7 Å². The number of benzene rings is 1. The van der Waals surface area contributed by atoms with Crippen molar-refractivity contribution in [2.75, 3.05) is 0 Å². The molecule has 130 valence electrons. The maximum Gasteiger partial charge on any atom is 0.234 e. The van der Waals surface area contributed by atoms with E-state index in [0.717, 1.165) is 0 Å². The first-order chi connectivity index (χ1) is 12.7. The molecule has 0 unspecified atom stereocenters. The molecule has 3 aromatic heterocycles. The van der Waals surface area contributed by atoms with Crippen LogP contribution in [0.2, 0.25) is 0 Å². The van der Waals surface area contributed by atoms with Gasteiger partial charge in [-0.15, -0.1) is 0 Å². The highest BCUT2D eigenvalue weighted by atomic mass is 19.1. The van der Waals surface area contributed by atoms with Crippen LogP contribution in [0.3, 0.4) is 0 Å². The second kappa shape index (κ2) is 6.87. The Kier molecular flexibility index (Phi) is 4.27. The second-order valence-corrected chi connectivity index (χ2v) is 5.67. The monoisotopic (exact) mass is 352 g/mol. The molecule has 0 saturated heterocycles. The van der Waals surface area contributed by atoms with Gasteiger partial charge in [0.1, 0.15) is 19.1 Å². The first kappa shape index (κ1) is 16.1. The summed E-state index contributed by atoms with van der Waals surface area (Å²) < 4.78 is 33.8. The van der Waals surface area contributed by atoms with Crippen LogP contribution in [0.5, 0.6) is 5.88 Å². The zero-order valence-corrected chi connectivity index (χ0v) is 13.6. The summed E-state index contributed by atoms with van der Waals surface area (Å²) in [5.41, 5.74) is 2.25. The van der Waals surface area contributed by atoms with Gasteiger partial charge in [0, 0.05) is 36.4 Å². The number of rotatable bonds is 5. The number of alkyl halides is 1. The van der Waals surface area contributed by atoms with Crippen LogP contribution in [0.1, 0.15) is 11.3 Å². The molecule has 4 rings (SSSR count). The van der Waals surface area contributed by atoms with E-state index in [2.05, 4.69) is 15.0 Å². The summed E-state index contributed by atoms with van der Waals surface area (Å²) in [5, 5.41) is 0. The average Bonchev–Trinajstić information content (AvgIpc) is 3.09. The number of pyridine rings is 1. The molecule has 0 amide bonds. The van der Waals surface area contributed by atoms with Crippen molar-refractivity contribution in [1.82, 2.24) is 19.4 Å². The van der Waals surface area contributed by atoms with Crippen molar-refractivity contribution in [1.29, 1.82) is 0 Å². The van der Waals surface area contributed by atoms with Gasteiger partial charge in [0.25, 0.3) is 0 Å². The molecule has 0 aliphatic heterocycles. The Morgan fingerprint density at radius 3 is 2.81 bits per heavy atom. The summed E-state index contributed by atoms with van der Waals surface area (Å²) in [6, 6.07) is 9.46. The lowest BCUT2D eigenvalue weighted by molar-refractivity contribution is 0.290. The van der Waals surface area contributed by atoms with Crippen LogP contribution in [-0.4, -0.2) is 19.4 Å². The number of ether oxygens (including phenoxy) is 1.